The Morgan fingerprint density at radius 3 is 2.57 bits per heavy atom. The lowest BCUT2D eigenvalue weighted by Gasteiger charge is -2.17. The molecule has 1 aliphatic heterocycles. The minimum absolute atomic E-state index is 0.141. The lowest BCUT2D eigenvalue weighted by molar-refractivity contribution is -0.114. The molecule has 4 nitrogen and oxygen atoms in total. The smallest absolute Gasteiger partial charge is 0.298 e. The van der Waals surface area contributed by atoms with E-state index < -0.39 is 17.5 Å². The van der Waals surface area contributed by atoms with Crippen molar-refractivity contribution in [2.24, 2.45) is 0 Å². The molecule has 0 aliphatic carbocycles. The lowest BCUT2D eigenvalue weighted by atomic mass is 10.1. The first-order chi connectivity index (χ1) is 9.88. The number of ketones is 1. The van der Waals surface area contributed by atoms with E-state index in [2.05, 4.69) is 4.98 Å². The predicted octanol–water partition coefficient (Wildman–Crippen LogP) is 2.94. The van der Waals surface area contributed by atoms with Crippen LogP contribution in [0.15, 0.2) is 12.1 Å². The molecule has 0 atom stereocenters. The third-order valence-electron chi connectivity index (χ3n) is 3.59. The fourth-order valence-corrected chi connectivity index (χ4v) is 3.42. The van der Waals surface area contributed by atoms with Gasteiger partial charge in [0.25, 0.3) is 11.7 Å². The molecule has 1 aromatic heterocycles. The molecule has 0 fully saturated rings. The van der Waals surface area contributed by atoms with Gasteiger partial charge in [-0.25, -0.2) is 9.37 Å². The molecule has 1 aliphatic rings. The number of halogens is 1. The molecule has 1 aromatic carbocycles. The number of benzene rings is 1. The highest BCUT2D eigenvalue weighted by atomic mass is 32.1. The Hall–Kier alpha value is -2.08. The maximum absolute atomic E-state index is 13.4. The molecule has 0 bridgehead atoms. The van der Waals surface area contributed by atoms with E-state index in [1.165, 1.54) is 22.3 Å². The second kappa shape index (κ2) is 4.73. The maximum atomic E-state index is 13.4. The van der Waals surface area contributed by atoms with Crippen molar-refractivity contribution in [3.05, 3.63) is 44.7 Å². The molecular weight excluding hydrogens is 291 g/mol. The normalized spacial score (nSPS) is 14.0. The SMILES string of the molecule is Cc1cc(F)cc2c1N(Cc1nc(C)c(C)s1)C(=O)C2=O. The number of aryl methyl sites for hydroxylation is 3. The molecule has 2 heterocycles. The van der Waals surface area contributed by atoms with Crippen LogP contribution in [0.5, 0.6) is 0 Å². The van der Waals surface area contributed by atoms with E-state index in [-0.39, 0.29) is 12.1 Å². The zero-order valence-corrected chi connectivity index (χ0v) is 12.7. The van der Waals surface area contributed by atoms with Gasteiger partial charge in [-0.3, -0.25) is 14.5 Å². The summed E-state index contributed by atoms with van der Waals surface area (Å²) in [5.41, 5.74) is 2.14. The number of Topliss-reactive ketones (excluding diaryl/α,β-unsaturated/α-hetero) is 1. The third kappa shape index (κ3) is 2.15. The van der Waals surface area contributed by atoms with Gasteiger partial charge in [0.1, 0.15) is 10.8 Å². The highest BCUT2D eigenvalue weighted by Gasteiger charge is 2.37. The molecule has 0 saturated carbocycles. The minimum atomic E-state index is -0.655. The van der Waals surface area contributed by atoms with Crippen molar-refractivity contribution in [3.8, 4) is 0 Å². The van der Waals surface area contributed by atoms with Crippen molar-refractivity contribution in [2.45, 2.75) is 27.3 Å². The number of hydrogen-bond acceptors (Lipinski definition) is 4. The van der Waals surface area contributed by atoms with Gasteiger partial charge in [-0.2, -0.15) is 0 Å². The molecule has 0 unspecified atom stereocenters. The zero-order valence-electron chi connectivity index (χ0n) is 11.9. The van der Waals surface area contributed by atoms with Crippen LogP contribution in [0.3, 0.4) is 0 Å². The van der Waals surface area contributed by atoms with Crippen LogP contribution in [-0.4, -0.2) is 16.7 Å². The highest BCUT2D eigenvalue weighted by molar-refractivity contribution is 7.11. The van der Waals surface area contributed by atoms with Gasteiger partial charge in [-0.15, -0.1) is 11.3 Å². The number of thiazole rings is 1. The average molecular weight is 304 g/mol. The molecule has 0 saturated heterocycles. The number of nitrogens with zero attached hydrogens (tertiary/aromatic N) is 2. The number of carbonyl (C=O) groups excluding carboxylic acids is 2. The molecule has 0 radical (unpaired) electrons. The van der Waals surface area contributed by atoms with Crippen molar-refractivity contribution >= 4 is 28.7 Å². The van der Waals surface area contributed by atoms with Crippen LogP contribution in [0.1, 0.15) is 31.5 Å². The Labute approximate surface area is 125 Å². The topological polar surface area (TPSA) is 50.3 Å². The molecule has 0 spiro atoms. The summed E-state index contributed by atoms with van der Waals surface area (Å²) in [7, 11) is 0. The third-order valence-corrected chi connectivity index (χ3v) is 4.64. The lowest BCUT2D eigenvalue weighted by Crippen LogP contribution is -2.29. The Morgan fingerprint density at radius 2 is 1.95 bits per heavy atom. The van der Waals surface area contributed by atoms with Crippen LogP contribution < -0.4 is 4.90 Å². The summed E-state index contributed by atoms with van der Waals surface area (Å²) in [4.78, 5) is 31.0. The summed E-state index contributed by atoms with van der Waals surface area (Å²) < 4.78 is 13.4. The molecular formula is C15H13FN2O2S. The van der Waals surface area contributed by atoms with E-state index >= 15 is 0 Å². The molecule has 1 amide bonds. The predicted molar refractivity (Wildman–Crippen MR) is 78.2 cm³/mol. The fourth-order valence-electron chi connectivity index (χ4n) is 2.50. The van der Waals surface area contributed by atoms with Crippen LogP contribution in [-0.2, 0) is 11.3 Å². The number of carbonyl (C=O) groups is 2. The van der Waals surface area contributed by atoms with E-state index in [0.717, 1.165) is 21.6 Å². The van der Waals surface area contributed by atoms with Crippen LogP contribution in [0.25, 0.3) is 0 Å². The van der Waals surface area contributed by atoms with Crippen LogP contribution >= 0.6 is 11.3 Å². The van der Waals surface area contributed by atoms with Gasteiger partial charge in [0, 0.05) is 4.88 Å². The number of fused-ring (bicyclic) bond motifs is 1. The first-order valence-electron chi connectivity index (χ1n) is 6.47. The quantitative estimate of drug-likeness (QED) is 0.802. The van der Waals surface area contributed by atoms with E-state index in [4.69, 9.17) is 0 Å². The second-order valence-electron chi connectivity index (χ2n) is 5.09. The fraction of sp³-hybridized carbons (Fsp3) is 0.267. The summed E-state index contributed by atoms with van der Waals surface area (Å²) >= 11 is 1.50. The summed E-state index contributed by atoms with van der Waals surface area (Å²) in [6, 6.07) is 2.46. The number of amides is 1. The monoisotopic (exact) mass is 304 g/mol. The number of anilines is 1. The first kappa shape index (κ1) is 13.9. The standard InChI is InChI=1S/C15H13FN2O2S/c1-7-4-10(16)5-11-13(7)18(15(20)14(11)19)6-12-17-8(2)9(3)21-12/h4-5H,6H2,1-3H3. The number of rotatable bonds is 2. The van der Waals surface area contributed by atoms with E-state index in [1.54, 1.807) is 6.92 Å². The Kier molecular flexibility index (Phi) is 3.13. The Balaban J connectivity index is 2.05. The van der Waals surface area contributed by atoms with Crippen molar-refractivity contribution in [3.63, 3.8) is 0 Å². The van der Waals surface area contributed by atoms with Crippen molar-refractivity contribution < 1.29 is 14.0 Å². The van der Waals surface area contributed by atoms with Crippen molar-refractivity contribution in [1.29, 1.82) is 0 Å². The van der Waals surface area contributed by atoms with Crippen LogP contribution in [0.4, 0.5) is 10.1 Å². The average Bonchev–Trinajstić information content (AvgIpc) is 2.83. The van der Waals surface area contributed by atoms with Crippen molar-refractivity contribution in [2.75, 3.05) is 4.90 Å². The van der Waals surface area contributed by atoms with E-state index in [0.29, 0.717) is 11.3 Å². The van der Waals surface area contributed by atoms with Gasteiger partial charge in [0.15, 0.2) is 0 Å². The highest BCUT2D eigenvalue weighted by Crippen LogP contribution is 2.34. The second-order valence-corrected chi connectivity index (χ2v) is 6.38. The van der Waals surface area contributed by atoms with E-state index in [1.807, 2.05) is 13.8 Å². The van der Waals surface area contributed by atoms with Gasteiger partial charge < -0.3 is 0 Å². The minimum Gasteiger partial charge on any atom is -0.298 e. The van der Waals surface area contributed by atoms with Crippen LogP contribution in [0.2, 0.25) is 0 Å². The molecule has 3 rings (SSSR count). The molecule has 0 N–H and O–H groups in total. The zero-order chi connectivity index (χ0) is 15.3. The number of hydrogen-bond donors (Lipinski definition) is 0. The molecule has 21 heavy (non-hydrogen) atoms. The Bertz CT molecular complexity index is 763. The van der Waals surface area contributed by atoms with Gasteiger partial charge in [0.05, 0.1) is 23.5 Å². The largest absolute Gasteiger partial charge is 0.299 e. The number of aromatic nitrogens is 1. The summed E-state index contributed by atoms with van der Waals surface area (Å²) in [6.45, 7) is 5.80. The Morgan fingerprint density at radius 1 is 1.24 bits per heavy atom. The van der Waals surface area contributed by atoms with Gasteiger partial charge in [-0.1, -0.05) is 0 Å². The molecule has 108 valence electrons. The molecule has 6 heteroatoms. The summed E-state index contributed by atoms with van der Waals surface area (Å²) in [5.74, 6) is -1.78. The van der Waals surface area contributed by atoms with Gasteiger partial charge in [0.2, 0.25) is 0 Å². The maximum Gasteiger partial charge on any atom is 0.299 e. The first-order valence-corrected chi connectivity index (χ1v) is 7.29. The summed E-state index contributed by atoms with van der Waals surface area (Å²) in [5, 5.41) is 0.766. The van der Waals surface area contributed by atoms with Crippen LogP contribution in [0, 0.1) is 26.6 Å². The van der Waals surface area contributed by atoms with Gasteiger partial charge in [-0.05, 0) is 38.5 Å². The van der Waals surface area contributed by atoms with Crippen molar-refractivity contribution in [1.82, 2.24) is 4.98 Å². The molecule has 2 aromatic rings. The van der Waals surface area contributed by atoms with Gasteiger partial charge >= 0.3 is 0 Å². The van der Waals surface area contributed by atoms with E-state index in [9.17, 15) is 14.0 Å². The summed E-state index contributed by atoms with van der Waals surface area (Å²) in [6.07, 6.45) is 0.